The number of rotatable bonds is 5. The van der Waals surface area contributed by atoms with Gasteiger partial charge in [-0.05, 0) is 36.8 Å². The molecule has 0 saturated carbocycles. The maximum Gasteiger partial charge on any atom is 0.308 e. The van der Waals surface area contributed by atoms with Gasteiger partial charge in [0.2, 0.25) is 0 Å². The first kappa shape index (κ1) is 19.4. The van der Waals surface area contributed by atoms with E-state index in [4.69, 9.17) is 14.2 Å². The van der Waals surface area contributed by atoms with E-state index in [9.17, 15) is 14.7 Å². The van der Waals surface area contributed by atoms with Gasteiger partial charge in [0, 0.05) is 29.6 Å². The zero-order valence-corrected chi connectivity index (χ0v) is 15.9. The molecule has 1 saturated heterocycles. The number of nitrogens with one attached hydrogen (secondary N) is 1. The number of amides is 1. The number of pyridine rings is 1. The maximum atomic E-state index is 12.4. The molecule has 2 aromatic rings. The fraction of sp³-hybridized carbons (Fsp3) is 0.381. The molecule has 0 radical (unpaired) electrons. The Kier molecular flexibility index (Phi) is 5.46. The molecule has 29 heavy (non-hydrogen) atoms. The number of ether oxygens (including phenoxy) is 3. The summed E-state index contributed by atoms with van der Waals surface area (Å²) in [6, 6.07) is 8.84. The summed E-state index contributed by atoms with van der Waals surface area (Å²) in [7, 11) is 1.34. The first-order chi connectivity index (χ1) is 14.1. The van der Waals surface area contributed by atoms with Crippen LogP contribution in [0, 0.1) is 0 Å². The summed E-state index contributed by atoms with van der Waals surface area (Å²) >= 11 is 0. The van der Waals surface area contributed by atoms with Crippen LogP contribution in [0.25, 0.3) is 0 Å². The number of esters is 1. The van der Waals surface area contributed by atoms with Crippen LogP contribution in [0.15, 0.2) is 42.7 Å². The van der Waals surface area contributed by atoms with Gasteiger partial charge >= 0.3 is 5.97 Å². The number of hydrogen-bond acceptors (Lipinski definition) is 7. The highest BCUT2D eigenvalue weighted by Crippen LogP contribution is 2.47. The summed E-state index contributed by atoms with van der Waals surface area (Å²) in [6.07, 6.45) is 2.54. The number of carbonyl (C=O) groups is 2. The number of benzene rings is 1. The molecule has 0 aliphatic carbocycles. The fourth-order valence-corrected chi connectivity index (χ4v) is 3.94. The minimum absolute atomic E-state index is 0.0548. The summed E-state index contributed by atoms with van der Waals surface area (Å²) in [5.74, 6) is 0.0278. The van der Waals surface area contributed by atoms with Crippen molar-refractivity contribution in [3.8, 4) is 5.75 Å². The normalized spacial score (nSPS) is 24.8. The van der Waals surface area contributed by atoms with Crippen LogP contribution in [0.1, 0.15) is 34.7 Å². The molecule has 8 heteroatoms. The summed E-state index contributed by atoms with van der Waals surface area (Å²) in [5, 5.41) is 12.6. The lowest BCUT2D eigenvalue weighted by Gasteiger charge is -2.36. The first-order valence-corrected chi connectivity index (χ1v) is 9.44. The quantitative estimate of drug-likeness (QED) is 0.741. The Morgan fingerprint density at radius 3 is 2.93 bits per heavy atom. The summed E-state index contributed by atoms with van der Waals surface area (Å²) in [5.41, 5.74) is 2.03. The lowest BCUT2D eigenvalue weighted by Crippen LogP contribution is -2.46. The average Bonchev–Trinajstić information content (AvgIpc) is 3.11. The van der Waals surface area contributed by atoms with Gasteiger partial charge in [-0.2, -0.15) is 0 Å². The van der Waals surface area contributed by atoms with E-state index in [1.165, 1.54) is 13.3 Å². The predicted octanol–water partition coefficient (Wildman–Crippen LogP) is 1.89. The molecular weight excluding hydrogens is 376 g/mol. The van der Waals surface area contributed by atoms with Crippen molar-refractivity contribution in [3.05, 3.63) is 53.9 Å². The second-order valence-corrected chi connectivity index (χ2v) is 7.13. The number of fused-ring (bicyclic) bond motifs is 3. The third-order valence-corrected chi connectivity index (χ3v) is 5.30. The van der Waals surface area contributed by atoms with Crippen molar-refractivity contribution in [1.82, 2.24) is 4.98 Å². The van der Waals surface area contributed by atoms with E-state index in [1.54, 1.807) is 30.5 Å². The Labute approximate surface area is 167 Å². The van der Waals surface area contributed by atoms with Gasteiger partial charge < -0.3 is 24.6 Å². The first-order valence-electron chi connectivity index (χ1n) is 9.44. The van der Waals surface area contributed by atoms with Crippen molar-refractivity contribution in [2.24, 2.45) is 0 Å². The van der Waals surface area contributed by atoms with E-state index in [-0.39, 0.29) is 43.0 Å². The van der Waals surface area contributed by atoms with Crippen molar-refractivity contribution in [3.63, 3.8) is 0 Å². The molecule has 1 aromatic carbocycles. The van der Waals surface area contributed by atoms with Crippen LogP contribution in [0.4, 0.5) is 5.69 Å². The third-order valence-electron chi connectivity index (χ3n) is 5.30. The molecule has 0 bridgehead atoms. The van der Waals surface area contributed by atoms with Crippen molar-refractivity contribution in [2.75, 3.05) is 19.0 Å². The standard InChI is InChI=1S/C21H22N2O6/c1-27-19(25)9-14-8-16-15-7-13(23-21(26)12-3-2-6-22-10-12)4-5-17(15)29-20(16)18(11-24)28-14/h2-7,10,14,16,18,20,24H,8-9,11H2,1H3,(H,23,26)/t14-,16-,18+,20+/m0/s1. The molecule has 1 amide bonds. The summed E-state index contributed by atoms with van der Waals surface area (Å²) < 4.78 is 16.6. The minimum atomic E-state index is -0.538. The molecule has 1 aromatic heterocycles. The Hall–Kier alpha value is -2.97. The van der Waals surface area contributed by atoms with Crippen LogP contribution in [-0.2, 0) is 14.3 Å². The fourth-order valence-electron chi connectivity index (χ4n) is 3.94. The van der Waals surface area contributed by atoms with Crippen molar-refractivity contribution in [2.45, 2.75) is 37.1 Å². The molecule has 8 nitrogen and oxygen atoms in total. The second kappa shape index (κ2) is 8.18. The molecule has 0 unspecified atom stereocenters. The molecule has 2 N–H and O–H groups in total. The van der Waals surface area contributed by atoms with E-state index in [0.29, 0.717) is 23.4 Å². The van der Waals surface area contributed by atoms with Crippen LogP contribution in [-0.4, -0.2) is 54.0 Å². The van der Waals surface area contributed by atoms with E-state index in [0.717, 1.165) is 5.56 Å². The maximum absolute atomic E-state index is 12.4. The number of hydrogen-bond donors (Lipinski definition) is 2. The van der Waals surface area contributed by atoms with Gasteiger partial charge in [0.15, 0.2) is 0 Å². The summed E-state index contributed by atoms with van der Waals surface area (Å²) in [6.45, 7) is -0.211. The monoisotopic (exact) mass is 398 g/mol. The van der Waals surface area contributed by atoms with Crippen molar-refractivity contribution >= 4 is 17.6 Å². The molecule has 4 rings (SSSR count). The van der Waals surface area contributed by atoms with Gasteiger partial charge in [-0.15, -0.1) is 0 Å². The highest BCUT2D eigenvalue weighted by atomic mass is 16.6. The van der Waals surface area contributed by atoms with Gasteiger partial charge in [-0.1, -0.05) is 0 Å². The number of aliphatic hydroxyl groups excluding tert-OH is 1. The molecule has 2 aliphatic rings. The molecular formula is C21H22N2O6. The zero-order chi connectivity index (χ0) is 20.4. The third kappa shape index (κ3) is 3.94. The predicted molar refractivity (Wildman–Crippen MR) is 103 cm³/mol. The highest BCUT2D eigenvalue weighted by Gasteiger charge is 2.46. The van der Waals surface area contributed by atoms with Gasteiger partial charge in [-0.25, -0.2) is 0 Å². The molecule has 4 atom stereocenters. The highest BCUT2D eigenvalue weighted by molar-refractivity contribution is 6.04. The van der Waals surface area contributed by atoms with Crippen LogP contribution in [0.5, 0.6) is 5.75 Å². The van der Waals surface area contributed by atoms with E-state index in [1.807, 2.05) is 6.07 Å². The minimum Gasteiger partial charge on any atom is -0.487 e. The molecule has 2 aliphatic heterocycles. The zero-order valence-electron chi connectivity index (χ0n) is 15.9. The largest absolute Gasteiger partial charge is 0.487 e. The average molecular weight is 398 g/mol. The number of aliphatic hydroxyl groups is 1. The van der Waals surface area contributed by atoms with Crippen LogP contribution < -0.4 is 10.1 Å². The topological polar surface area (TPSA) is 107 Å². The van der Waals surface area contributed by atoms with Gasteiger partial charge in [0.05, 0.1) is 31.8 Å². The lowest BCUT2D eigenvalue weighted by molar-refractivity contribution is -0.156. The van der Waals surface area contributed by atoms with E-state index < -0.39 is 6.10 Å². The van der Waals surface area contributed by atoms with Gasteiger partial charge in [0.25, 0.3) is 5.91 Å². The van der Waals surface area contributed by atoms with Gasteiger partial charge in [0.1, 0.15) is 18.0 Å². The van der Waals surface area contributed by atoms with E-state index >= 15 is 0 Å². The van der Waals surface area contributed by atoms with Crippen LogP contribution in [0.3, 0.4) is 0 Å². The van der Waals surface area contributed by atoms with E-state index in [2.05, 4.69) is 10.3 Å². The molecule has 3 heterocycles. The van der Waals surface area contributed by atoms with Gasteiger partial charge in [-0.3, -0.25) is 14.6 Å². The smallest absolute Gasteiger partial charge is 0.308 e. The Morgan fingerprint density at radius 1 is 1.34 bits per heavy atom. The molecule has 152 valence electrons. The number of nitrogens with zero attached hydrogens (tertiary/aromatic N) is 1. The number of carbonyl (C=O) groups excluding carboxylic acids is 2. The molecule has 0 spiro atoms. The number of anilines is 1. The Bertz CT molecular complexity index is 903. The lowest BCUT2D eigenvalue weighted by atomic mass is 9.84. The molecule has 1 fully saturated rings. The van der Waals surface area contributed by atoms with Crippen LogP contribution in [0.2, 0.25) is 0 Å². The Morgan fingerprint density at radius 2 is 2.21 bits per heavy atom. The number of aromatic nitrogens is 1. The number of methoxy groups -OCH3 is 1. The SMILES string of the molecule is COC(=O)C[C@@H]1C[C@H]2c3cc(NC(=O)c4cccnc4)ccc3O[C@H]2[C@@H](CO)O1. The van der Waals surface area contributed by atoms with Crippen LogP contribution >= 0.6 is 0 Å². The van der Waals surface area contributed by atoms with Crippen molar-refractivity contribution in [1.29, 1.82) is 0 Å². The summed E-state index contributed by atoms with van der Waals surface area (Å²) in [4.78, 5) is 28.0. The Balaban J connectivity index is 1.55. The second-order valence-electron chi connectivity index (χ2n) is 7.13. The van der Waals surface area contributed by atoms with Crippen molar-refractivity contribution < 1.29 is 28.9 Å².